The second kappa shape index (κ2) is 10.2. The van der Waals surface area contributed by atoms with Crippen LogP contribution in [0.1, 0.15) is 50.3 Å². The number of aliphatic hydroxyl groups excluding tert-OH is 1. The number of thiophene rings is 1. The fourth-order valence-electron chi connectivity index (χ4n) is 4.92. The van der Waals surface area contributed by atoms with Crippen LogP contribution in [0.5, 0.6) is 5.88 Å². The highest BCUT2D eigenvalue weighted by Gasteiger charge is 2.23. The Morgan fingerprint density at radius 2 is 2.11 bits per heavy atom. The number of nitrogens with zero attached hydrogens (tertiary/aromatic N) is 5. The number of aryl methyl sites for hydroxylation is 1. The summed E-state index contributed by atoms with van der Waals surface area (Å²) in [4.78, 5) is 9.51. The molecule has 0 spiro atoms. The molecule has 190 valence electrons. The molecule has 1 aliphatic carbocycles. The zero-order valence-corrected chi connectivity index (χ0v) is 21.1. The summed E-state index contributed by atoms with van der Waals surface area (Å²) in [5, 5.41) is 24.5. The van der Waals surface area contributed by atoms with Gasteiger partial charge in [-0.1, -0.05) is 19.3 Å². The van der Waals surface area contributed by atoms with Crippen LogP contribution in [0.15, 0.2) is 36.1 Å². The molecular formula is C25H31N7O3S. The molecule has 0 radical (unpaired) electrons. The minimum Gasteiger partial charge on any atom is -0.470 e. The van der Waals surface area contributed by atoms with E-state index >= 15 is 0 Å². The van der Waals surface area contributed by atoms with Gasteiger partial charge in [0.25, 0.3) is 0 Å². The first-order valence-corrected chi connectivity index (χ1v) is 13.4. The normalized spacial score (nSPS) is 19.7. The fraction of sp³-hybridized carbons (Fsp3) is 0.480. The molecule has 10 nitrogen and oxygen atoms in total. The minimum absolute atomic E-state index is 0.0532. The van der Waals surface area contributed by atoms with Crippen molar-refractivity contribution >= 4 is 33.3 Å². The Kier molecular flexibility index (Phi) is 6.61. The Labute approximate surface area is 213 Å². The number of rotatable bonds is 8. The van der Waals surface area contributed by atoms with Crippen molar-refractivity contribution in [2.75, 3.05) is 18.5 Å². The Balaban J connectivity index is 1.26. The monoisotopic (exact) mass is 509 g/mol. The van der Waals surface area contributed by atoms with Gasteiger partial charge in [0.15, 0.2) is 0 Å². The number of aromatic nitrogens is 5. The second-order valence-corrected chi connectivity index (χ2v) is 10.4. The number of hydrogen-bond acceptors (Lipinski definition) is 9. The van der Waals surface area contributed by atoms with Crippen molar-refractivity contribution < 1.29 is 14.6 Å². The highest BCUT2D eigenvalue weighted by atomic mass is 32.1. The average molecular weight is 510 g/mol. The van der Waals surface area contributed by atoms with Crippen LogP contribution in [0.2, 0.25) is 0 Å². The van der Waals surface area contributed by atoms with Crippen molar-refractivity contribution in [2.24, 2.45) is 7.05 Å². The van der Waals surface area contributed by atoms with Crippen LogP contribution in [0.3, 0.4) is 0 Å². The molecule has 36 heavy (non-hydrogen) atoms. The van der Waals surface area contributed by atoms with E-state index in [4.69, 9.17) is 19.4 Å². The first kappa shape index (κ1) is 23.4. The van der Waals surface area contributed by atoms with E-state index in [1.807, 2.05) is 41.5 Å². The molecule has 6 rings (SSSR count). The van der Waals surface area contributed by atoms with E-state index in [0.717, 1.165) is 46.5 Å². The summed E-state index contributed by atoms with van der Waals surface area (Å²) in [6, 6.07) is 4.27. The van der Waals surface area contributed by atoms with Crippen LogP contribution in [-0.4, -0.2) is 54.8 Å². The number of nitrogens with one attached hydrogen (secondary N) is 2. The summed E-state index contributed by atoms with van der Waals surface area (Å²) in [5.41, 5.74) is 3.31. The predicted molar refractivity (Wildman–Crippen MR) is 138 cm³/mol. The van der Waals surface area contributed by atoms with Gasteiger partial charge >= 0.3 is 0 Å². The van der Waals surface area contributed by atoms with Gasteiger partial charge in [-0.05, 0) is 25.0 Å². The van der Waals surface area contributed by atoms with E-state index in [0.29, 0.717) is 31.1 Å². The van der Waals surface area contributed by atoms with Crippen LogP contribution in [0.4, 0.5) is 10.9 Å². The SMILES string of the molecule is Cn1cc(-n2ccc3nc(Nc4cc(C(O)NC5CCCCC5)cs4)nc(O[C@H]4CCOC4)c32)cn1. The molecule has 11 heteroatoms. The van der Waals surface area contributed by atoms with Crippen molar-refractivity contribution in [1.29, 1.82) is 0 Å². The smallest absolute Gasteiger partial charge is 0.244 e. The summed E-state index contributed by atoms with van der Waals surface area (Å²) in [7, 11) is 1.89. The van der Waals surface area contributed by atoms with E-state index in [1.165, 1.54) is 30.6 Å². The van der Waals surface area contributed by atoms with Crippen molar-refractivity contribution in [3.8, 4) is 11.6 Å². The summed E-state index contributed by atoms with van der Waals surface area (Å²) < 4.78 is 15.6. The van der Waals surface area contributed by atoms with E-state index < -0.39 is 6.23 Å². The largest absolute Gasteiger partial charge is 0.470 e. The molecule has 2 aliphatic rings. The Morgan fingerprint density at radius 3 is 2.89 bits per heavy atom. The van der Waals surface area contributed by atoms with Crippen LogP contribution in [0.25, 0.3) is 16.7 Å². The zero-order chi connectivity index (χ0) is 24.5. The number of aliphatic hydroxyl groups is 1. The van der Waals surface area contributed by atoms with Gasteiger partial charge in [0, 0.05) is 42.8 Å². The van der Waals surface area contributed by atoms with Gasteiger partial charge in [-0.3, -0.25) is 10.00 Å². The lowest BCUT2D eigenvalue weighted by Crippen LogP contribution is -2.34. The second-order valence-electron chi connectivity index (χ2n) is 9.52. The van der Waals surface area contributed by atoms with E-state index in [-0.39, 0.29) is 6.10 Å². The third-order valence-electron chi connectivity index (χ3n) is 6.81. The number of anilines is 2. The maximum atomic E-state index is 10.7. The molecule has 5 heterocycles. The maximum Gasteiger partial charge on any atom is 0.244 e. The third-order valence-corrected chi connectivity index (χ3v) is 7.67. The highest BCUT2D eigenvalue weighted by Crippen LogP contribution is 2.32. The van der Waals surface area contributed by atoms with Crippen LogP contribution in [0, 0.1) is 0 Å². The summed E-state index contributed by atoms with van der Waals surface area (Å²) in [6.45, 7) is 1.23. The predicted octanol–water partition coefficient (Wildman–Crippen LogP) is 4.04. The van der Waals surface area contributed by atoms with E-state index in [2.05, 4.69) is 15.7 Å². The van der Waals surface area contributed by atoms with E-state index in [1.54, 1.807) is 10.9 Å². The molecule has 2 atom stereocenters. The lowest BCUT2D eigenvalue weighted by atomic mass is 9.95. The van der Waals surface area contributed by atoms with Gasteiger partial charge in [0.2, 0.25) is 11.8 Å². The molecule has 4 aromatic heterocycles. The number of hydrogen-bond donors (Lipinski definition) is 3. The molecule has 4 aromatic rings. The molecule has 1 saturated heterocycles. The Bertz CT molecular complexity index is 1320. The number of fused-ring (bicyclic) bond motifs is 1. The summed E-state index contributed by atoms with van der Waals surface area (Å²) in [5.74, 6) is 0.950. The van der Waals surface area contributed by atoms with Crippen molar-refractivity contribution in [2.45, 2.75) is 56.9 Å². The summed E-state index contributed by atoms with van der Waals surface area (Å²) >= 11 is 1.52. The lowest BCUT2D eigenvalue weighted by Gasteiger charge is -2.25. The quantitative estimate of drug-likeness (QED) is 0.305. The minimum atomic E-state index is -0.682. The first-order chi connectivity index (χ1) is 17.6. The zero-order valence-electron chi connectivity index (χ0n) is 20.3. The van der Waals surface area contributed by atoms with Crippen LogP contribution >= 0.6 is 11.3 Å². The maximum absolute atomic E-state index is 10.7. The van der Waals surface area contributed by atoms with Crippen molar-refractivity contribution in [3.05, 3.63) is 41.7 Å². The molecule has 1 unspecified atom stereocenters. The van der Waals surface area contributed by atoms with Crippen molar-refractivity contribution in [3.63, 3.8) is 0 Å². The fourth-order valence-corrected chi connectivity index (χ4v) is 5.74. The molecule has 1 aliphatic heterocycles. The first-order valence-electron chi connectivity index (χ1n) is 12.5. The molecule has 0 bridgehead atoms. The van der Waals surface area contributed by atoms with Gasteiger partial charge in [-0.25, -0.2) is 4.98 Å². The number of ether oxygens (including phenoxy) is 2. The van der Waals surface area contributed by atoms with Gasteiger partial charge in [-0.15, -0.1) is 11.3 Å². The standard InChI is InChI=1S/C25H31N7O3S/c1-31-13-18(12-26-31)32-9-7-20-22(32)24(35-19-8-10-34-14-19)30-25(28-20)29-21-11-16(15-36-21)23(33)27-17-5-3-2-4-6-17/h7,9,11-13,15,17,19,23,27,33H,2-6,8,10,14H2,1H3,(H,28,29,30)/t19-,23?/m0/s1. The van der Waals surface area contributed by atoms with E-state index in [9.17, 15) is 5.11 Å². The van der Waals surface area contributed by atoms with Gasteiger partial charge in [-0.2, -0.15) is 10.1 Å². The lowest BCUT2D eigenvalue weighted by molar-refractivity contribution is 0.114. The Morgan fingerprint density at radius 1 is 1.22 bits per heavy atom. The third kappa shape index (κ3) is 4.96. The van der Waals surface area contributed by atoms with Gasteiger partial charge < -0.3 is 24.5 Å². The van der Waals surface area contributed by atoms with Crippen molar-refractivity contribution in [1.82, 2.24) is 29.6 Å². The van der Waals surface area contributed by atoms with Gasteiger partial charge in [0.1, 0.15) is 17.8 Å². The molecule has 0 aromatic carbocycles. The molecular weight excluding hydrogens is 478 g/mol. The van der Waals surface area contributed by atoms with Crippen LogP contribution in [-0.2, 0) is 11.8 Å². The highest BCUT2D eigenvalue weighted by molar-refractivity contribution is 7.14. The molecule has 1 saturated carbocycles. The Hall–Kier alpha value is -2.99. The summed E-state index contributed by atoms with van der Waals surface area (Å²) in [6.07, 6.45) is 11.7. The average Bonchev–Trinajstić information content (AvgIpc) is 3.67. The topological polar surface area (TPSA) is 111 Å². The molecule has 0 amide bonds. The molecule has 2 fully saturated rings. The molecule has 3 N–H and O–H groups in total. The van der Waals surface area contributed by atoms with Gasteiger partial charge in [0.05, 0.1) is 35.6 Å². The van der Waals surface area contributed by atoms with Crippen LogP contribution < -0.4 is 15.4 Å².